The predicted molar refractivity (Wildman–Crippen MR) is 205 cm³/mol. The molecule has 16 heteroatoms. The van der Waals surface area contributed by atoms with E-state index in [2.05, 4.69) is 46.4 Å². The number of likely N-dealkylation sites (tertiary alicyclic amines) is 1. The summed E-state index contributed by atoms with van der Waals surface area (Å²) >= 11 is 6.15. The van der Waals surface area contributed by atoms with Crippen molar-refractivity contribution in [1.82, 2.24) is 40.5 Å². The molecule has 0 spiro atoms. The van der Waals surface area contributed by atoms with Crippen molar-refractivity contribution >= 4 is 52.0 Å². The van der Waals surface area contributed by atoms with Gasteiger partial charge in [0.25, 0.3) is 5.91 Å². The first-order valence-corrected chi connectivity index (χ1v) is 19.6. The van der Waals surface area contributed by atoms with E-state index in [1.165, 1.54) is 4.90 Å². The van der Waals surface area contributed by atoms with Gasteiger partial charge in [-0.3, -0.25) is 24.5 Å². The van der Waals surface area contributed by atoms with Crippen molar-refractivity contribution in [2.24, 2.45) is 5.92 Å². The van der Waals surface area contributed by atoms with E-state index < -0.39 is 6.03 Å². The third-order valence-electron chi connectivity index (χ3n) is 11.4. The lowest BCUT2D eigenvalue weighted by molar-refractivity contribution is -0.120. The molecule has 4 aromatic rings. The fourth-order valence-corrected chi connectivity index (χ4v) is 8.55. The number of urea groups is 1. The van der Waals surface area contributed by atoms with Gasteiger partial charge < -0.3 is 19.9 Å². The number of nitrogens with one attached hydrogen (secondary N) is 2. The number of ether oxygens (including phenoxy) is 1. The Labute approximate surface area is 324 Å². The number of nitrogens with zero attached hydrogens (tertiary/aromatic N) is 9. The maximum Gasteiger partial charge on any atom is 0.329 e. The molecule has 0 bridgehead atoms. The number of pyridine rings is 1. The number of hydrogen-bond acceptors (Lipinski definition) is 11. The lowest BCUT2D eigenvalue weighted by Crippen LogP contribution is -2.49. The topological polar surface area (TPSA) is 174 Å². The largest absolute Gasteiger partial charge is 0.490 e. The Balaban J connectivity index is 0.760. The average molecular weight is 766 g/mol. The minimum Gasteiger partial charge on any atom is -0.490 e. The van der Waals surface area contributed by atoms with Crippen LogP contribution >= 0.6 is 11.6 Å². The molecule has 0 atom stereocenters. The van der Waals surface area contributed by atoms with E-state index in [4.69, 9.17) is 26.7 Å². The number of anilines is 2. The molecule has 3 aromatic heterocycles. The van der Waals surface area contributed by atoms with E-state index >= 15 is 0 Å². The summed E-state index contributed by atoms with van der Waals surface area (Å²) < 4.78 is 8.16. The number of fused-ring (bicyclic) bond motifs is 1. The van der Waals surface area contributed by atoms with Crippen molar-refractivity contribution in [3.05, 3.63) is 65.1 Å². The van der Waals surface area contributed by atoms with Crippen LogP contribution in [0.1, 0.15) is 79.9 Å². The van der Waals surface area contributed by atoms with Crippen LogP contribution < -0.4 is 25.2 Å². The van der Waals surface area contributed by atoms with E-state index in [-0.39, 0.29) is 36.4 Å². The normalized spacial score (nSPS) is 21.7. The Morgan fingerprint density at radius 1 is 0.964 bits per heavy atom. The quantitative estimate of drug-likeness (QED) is 0.238. The first-order chi connectivity index (χ1) is 26.8. The number of imide groups is 1. The second-order valence-corrected chi connectivity index (χ2v) is 15.4. The molecule has 8 rings (SSSR count). The fourth-order valence-electron chi connectivity index (χ4n) is 8.34. The Kier molecular flexibility index (Phi) is 10.8. The van der Waals surface area contributed by atoms with Gasteiger partial charge in [-0.25, -0.2) is 9.78 Å². The number of amides is 4. The molecule has 55 heavy (non-hydrogen) atoms. The van der Waals surface area contributed by atoms with E-state index in [9.17, 15) is 14.4 Å². The van der Waals surface area contributed by atoms with Crippen LogP contribution in [0, 0.1) is 17.2 Å². The van der Waals surface area contributed by atoms with Gasteiger partial charge in [-0.1, -0.05) is 11.6 Å². The van der Waals surface area contributed by atoms with Gasteiger partial charge in [-0.05, 0) is 87.6 Å². The van der Waals surface area contributed by atoms with E-state index in [1.807, 2.05) is 12.1 Å². The summed E-state index contributed by atoms with van der Waals surface area (Å²) in [6, 6.07) is 12.7. The third kappa shape index (κ3) is 8.20. The van der Waals surface area contributed by atoms with Crippen LogP contribution in [0.3, 0.4) is 0 Å². The van der Waals surface area contributed by atoms with Crippen LogP contribution in [0.2, 0.25) is 5.02 Å². The highest BCUT2D eigenvalue weighted by molar-refractivity contribution is 6.31. The van der Waals surface area contributed by atoms with Crippen molar-refractivity contribution < 1.29 is 19.1 Å². The summed E-state index contributed by atoms with van der Waals surface area (Å²) in [5.41, 5.74) is 1.70. The first-order valence-electron chi connectivity index (χ1n) is 19.2. The van der Waals surface area contributed by atoms with Crippen molar-refractivity contribution in [3.8, 4) is 11.8 Å². The van der Waals surface area contributed by atoms with Crippen molar-refractivity contribution in [1.29, 1.82) is 5.26 Å². The molecule has 15 nitrogen and oxygen atoms in total. The SMILES string of the molecule is N#Cc1ccc(O[C@H]2CC[C@H](NC(=O)c3ccc(N4CCC(CN5CCC(n6ncc7c(N8CCC(=O)NC8=O)nccc76)CC5)CC4)nn3)CC2)cc1Cl. The second kappa shape index (κ2) is 16.2. The number of benzene rings is 1. The number of aromatic nitrogens is 5. The predicted octanol–water partition coefficient (Wildman–Crippen LogP) is 4.87. The minimum absolute atomic E-state index is 0.0311. The fraction of sp³-hybridized carbons (Fsp3) is 0.487. The lowest BCUT2D eigenvalue weighted by atomic mass is 9.92. The summed E-state index contributed by atoms with van der Waals surface area (Å²) in [6.45, 7) is 5.18. The second-order valence-electron chi connectivity index (χ2n) is 15.0. The van der Waals surface area contributed by atoms with Gasteiger partial charge in [-0.15, -0.1) is 10.2 Å². The van der Waals surface area contributed by atoms with Crippen LogP contribution in [0.15, 0.2) is 48.8 Å². The van der Waals surface area contributed by atoms with Gasteiger partial charge in [0.1, 0.15) is 17.6 Å². The number of piperidine rings is 2. The van der Waals surface area contributed by atoms with Gasteiger partial charge >= 0.3 is 6.03 Å². The van der Waals surface area contributed by atoms with Crippen molar-refractivity contribution in [2.45, 2.75) is 76.0 Å². The van der Waals surface area contributed by atoms with Gasteiger partial charge in [0, 0.05) is 64.0 Å². The van der Waals surface area contributed by atoms with Crippen LogP contribution in [-0.2, 0) is 4.79 Å². The number of hydrogen-bond donors (Lipinski definition) is 2. The molecule has 0 unspecified atom stereocenters. The van der Waals surface area contributed by atoms with E-state index in [0.717, 1.165) is 101 Å². The molecule has 6 heterocycles. The van der Waals surface area contributed by atoms with Crippen LogP contribution in [0.4, 0.5) is 16.4 Å². The van der Waals surface area contributed by atoms with Crippen molar-refractivity contribution in [3.63, 3.8) is 0 Å². The Bertz CT molecular complexity index is 2080. The number of nitriles is 1. The molecule has 2 N–H and O–H groups in total. The summed E-state index contributed by atoms with van der Waals surface area (Å²) in [5, 5.41) is 29.2. The third-order valence-corrected chi connectivity index (χ3v) is 11.7. The zero-order valence-corrected chi connectivity index (χ0v) is 31.3. The van der Waals surface area contributed by atoms with E-state index in [0.29, 0.717) is 40.3 Å². The van der Waals surface area contributed by atoms with Crippen LogP contribution in [-0.4, -0.2) is 99.1 Å². The minimum atomic E-state index is -0.444. The summed E-state index contributed by atoms with van der Waals surface area (Å²) in [7, 11) is 0. The zero-order chi connectivity index (χ0) is 37.9. The Morgan fingerprint density at radius 3 is 2.47 bits per heavy atom. The maximum atomic E-state index is 13.0. The standard InChI is InChI=1S/C39H44ClN11O4/c40-32-21-30(4-1-26(32)22-41)55-29-5-2-27(3-6-29)44-38(53)33-7-8-35(47-46-33)49-18-10-25(11-19-49)24-48-16-12-28(13-17-48)51-34-9-15-42-37(31(34)23-43-51)50-20-14-36(52)45-39(50)54/h1,4,7-9,15,21,23,25,27-29H,2-3,5-6,10-14,16-20,24H2,(H,44,53)(H,45,52,54)/t27-,29-. The lowest BCUT2D eigenvalue weighted by Gasteiger charge is -2.38. The molecule has 3 aliphatic heterocycles. The molecule has 286 valence electrons. The highest BCUT2D eigenvalue weighted by Gasteiger charge is 2.30. The molecule has 4 aliphatic rings. The van der Waals surface area contributed by atoms with E-state index in [1.54, 1.807) is 36.7 Å². The number of rotatable bonds is 9. The van der Waals surface area contributed by atoms with Gasteiger partial charge in [0.15, 0.2) is 11.5 Å². The number of halogens is 1. The maximum absolute atomic E-state index is 13.0. The molecular formula is C39H44ClN11O4. The molecule has 0 radical (unpaired) electrons. The number of carbonyl (C=O) groups is 3. The molecule has 4 fully saturated rings. The summed E-state index contributed by atoms with van der Waals surface area (Å²) in [4.78, 5) is 48.0. The summed E-state index contributed by atoms with van der Waals surface area (Å²) in [6.07, 6.45) is 11.1. The van der Waals surface area contributed by atoms with Gasteiger partial charge in [-0.2, -0.15) is 10.4 Å². The van der Waals surface area contributed by atoms with Gasteiger partial charge in [0.05, 0.1) is 39.8 Å². The monoisotopic (exact) mass is 765 g/mol. The highest BCUT2D eigenvalue weighted by Crippen LogP contribution is 2.32. The van der Waals surface area contributed by atoms with Gasteiger partial charge in [0.2, 0.25) is 5.91 Å². The zero-order valence-electron chi connectivity index (χ0n) is 30.6. The molecule has 1 aromatic carbocycles. The Morgan fingerprint density at radius 2 is 1.76 bits per heavy atom. The molecule has 1 aliphatic carbocycles. The van der Waals surface area contributed by atoms with Crippen LogP contribution in [0.25, 0.3) is 10.9 Å². The highest BCUT2D eigenvalue weighted by atomic mass is 35.5. The molecule has 1 saturated carbocycles. The molecular weight excluding hydrogens is 722 g/mol. The average Bonchev–Trinajstić information content (AvgIpc) is 3.64. The molecule has 3 saturated heterocycles. The Hall–Kier alpha value is -5.33. The molecule has 4 amide bonds. The smallest absolute Gasteiger partial charge is 0.329 e. The van der Waals surface area contributed by atoms with Crippen molar-refractivity contribution in [2.75, 3.05) is 49.1 Å². The first kappa shape index (κ1) is 36.6. The number of carbonyl (C=O) groups excluding carboxylic acids is 3. The summed E-state index contributed by atoms with van der Waals surface area (Å²) in [5.74, 6) is 2.12. The van der Waals surface area contributed by atoms with Crippen LogP contribution in [0.5, 0.6) is 5.75 Å².